The molecule has 18 heavy (non-hydrogen) atoms. The molecule has 0 bridgehead atoms. The summed E-state index contributed by atoms with van der Waals surface area (Å²) in [6.45, 7) is 7.96. The molecule has 0 saturated carbocycles. The van der Waals surface area contributed by atoms with E-state index in [1.165, 1.54) is 0 Å². The zero-order chi connectivity index (χ0) is 13.8. The number of nitrogen functional groups attached to an aromatic ring is 1. The number of nitrogens with two attached hydrogens (primary N) is 1. The number of methoxy groups -OCH3 is 1. The molecule has 0 spiro atoms. The normalized spacial score (nSPS) is 11.9. The van der Waals surface area contributed by atoms with Crippen molar-refractivity contribution in [3.05, 3.63) is 23.8 Å². The number of hydrogen-bond acceptors (Lipinski definition) is 4. The Morgan fingerprint density at radius 3 is 2.50 bits per heavy atom. The molecule has 3 N–H and O–H groups in total. The minimum Gasteiger partial charge on any atom is -0.497 e. The summed E-state index contributed by atoms with van der Waals surface area (Å²) in [5.41, 5.74) is 6.93. The second-order valence-corrected chi connectivity index (χ2v) is 5.23. The Kier molecular flexibility index (Phi) is 4.99. The maximum Gasteiger partial charge on any atom is 0.121 e. The molecule has 0 aliphatic carbocycles. The Morgan fingerprint density at radius 1 is 1.33 bits per heavy atom. The molecule has 0 aliphatic rings. The minimum atomic E-state index is -0.694. The molecule has 0 saturated heterocycles. The molecule has 0 unspecified atom stereocenters. The Bertz CT molecular complexity index is 386. The fraction of sp³-hybridized carbons (Fsp3) is 0.571. The SMILES string of the molecule is CCN(Cc1cc(N)cc(OC)c1)CC(C)(C)O. The fourth-order valence-electron chi connectivity index (χ4n) is 1.98. The summed E-state index contributed by atoms with van der Waals surface area (Å²) in [6.07, 6.45) is 0. The lowest BCUT2D eigenvalue weighted by Gasteiger charge is -2.28. The topological polar surface area (TPSA) is 58.7 Å². The van der Waals surface area contributed by atoms with Crippen LogP contribution < -0.4 is 10.5 Å². The molecule has 0 radical (unpaired) electrons. The van der Waals surface area contributed by atoms with E-state index in [-0.39, 0.29) is 0 Å². The minimum absolute atomic E-state index is 0.626. The van der Waals surface area contributed by atoms with Crippen LogP contribution in [0.2, 0.25) is 0 Å². The maximum atomic E-state index is 9.86. The van der Waals surface area contributed by atoms with Crippen molar-refractivity contribution < 1.29 is 9.84 Å². The first-order chi connectivity index (χ1) is 8.34. The summed E-state index contributed by atoms with van der Waals surface area (Å²) < 4.78 is 5.20. The molecule has 102 valence electrons. The van der Waals surface area contributed by atoms with E-state index in [1.807, 2.05) is 26.0 Å². The van der Waals surface area contributed by atoms with Gasteiger partial charge in [0.05, 0.1) is 12.7 Å². The van der Waals surface area contributed by atoms with Gasteiger partial charge in [0.2, 0.25) is 0 Å². The van der Waals surface area contributed by atoms with Crippen molar-refractivity contribution in [3.63, 3.8) is 0 Å². The summed E-state index contributed by atoms with van der Waals surface area (Å²) in [4.78, 5) is 2.17. The van der Waals surface area contributed by atoms with E-state index in [2.05, 4.69) is 11.8 Å². The van der Waals surface area contributed by atoms with Gasteiger partial charge in [-0.05, 0) is 38.1 Å². The van der Waals surface area contributed by atoms with Crippen LogP contribution >= 0.6 is 0 Å². The number of hydrogen-bond donors (Lipinski definition) is 2. The van der Waals surface area contributed by atoms with Crippen molar-refractivity contribution in [1.29, 1.82) is 0 Å². The van der Waals surface area contributed by atoms with Crippen LogP contribution in [0.5, 0.6) is 5.75 Å². The number of nitrogens with zero attached hydrogens (tertiary/aromatic N) is 1. The van der Waals surface area contributed by atoms with Crippen LogP contribution in [-0.4, -0.2) is 35.8 Å². The summed E-state index contributed by atoms with van der Waals surface area (Å²) in [7, 11) is 1.63. The monoisotopic (exact) mass is 252 g/mol. The van der Waals surface area contributed by atoms with E-state index in [0.29, 0.717) is 12.2 Å². The first kappa shape index (κ1) is 14.8. The summed E-state index contributed by atoms with van der Waals surface area (Å²) >= 11 is 0. The number of likely N-dealkylation sites (N-methyl/N-ethyl adjacent to an activating group) is 1. The smallest absolute Gasteiger partial charge is 0.121 e. The lowest BCUT2D eigenvalue weighted by Crippen LogP contribution is -2.38. The van der Waals surface area contributed by atoms with Gasteiger partial charge in [0.15, 0.2) is 0 Å². The van der Waals surface area contributed by atoms with Crippen molar-refractivity contribution in [2.45, 2.75) is 32.9 Å². The molecule has 1 aromatic carbocycles. The van der Waals surface area contributed by atoms with E-state index >= 15 is 0 Å². The zero-order valence-corrected chi connectivity index (χ0v) is 11.7. The summed E-state index contributed by atoms with van der Waals surface area (Å²) in [6, 6.07) is 5.72. The predicted molar refractivity (Wildman–Crippen MR) is 74.7 cm³/mol. The Morgan fingerprint density at radius 2 is 2.00 bits per heavy atom. The largest absolute Gasteiger partial charge is 0.497 e. The Balaban J connectivity index is 2.78. The second kappa shape index (κ2) is 6.07. The van der Waals surface area contributed by atoms with Gasteiger partial charge in [-0.25, -0.2) is 0 Å². The van der Waals surface area contributed by atoms with Crippen LogP contribution in [0.25, 0.3) is 0 Å². The van der Waals surface area contributed by atoms with Crippen LogP contribution in [0, 0.1) is 0 Å². The zero-order valence-electron chi connectivity index (χ0n) is 11.7. The molecule has 0 heterocycles. The standard InChI is InChI=1S/C14H24N2O2/c1-5-16(10-14(2,3)17)9-11-6-12(15)8-13(7-11)18-4/h6-8,17H,5,9-10,15H2,1-4H3. The van der Waals surface area contributed by atoms with Gasteiger partial charge in [0.25, 0.3) is 0 Å². The highest BCUT2D eigenvalue weighted by atomic mass is 16.5. The molecule has 4 heteroatoms. The van der Waals surface area contributed by atoms with E-state index in [1.54, 1.807) is 13.2 Å². The average Bonchev–Trinajstić information content (AvgIpc) is 2.25. The number of anilines is 1. The fourth-order valence-corrected chi connectivity index (χ4v) is 1.98. The third kappa shape index (κ3) is 4.94. The summed E-state index contributed by atoms with van der Waals surface area (Å²) in [5.74, 6) is 0.768. The van der Waals surface area contributed by atoms with Gasteiger partial charge in [-0.3, -0.25) is 4.90 Å². The molecular formula is C14H24N2O2. The van der Waals surface area contributed by atoms with Crippen LogP contribution in [-0.2, 0) is 6.54 Å². The van der Waals surface area contributed by atoms with E-state index < -0.39 is 5.60 Å². The molecule has 0 fully saturated rings. The maximum absolute atomic E-state index is 9.86. The molecule has 4 nitrogen and oxygen atoms in total. The van der Waals surface area contributed by atoms with Crippen molar-refractivity contribution in [2.24, 2.45) is 0 Å². The van der Waals surface area contributed by atoms with Crippen molar-refractivity contribution in [1.82, 2.24) is 4.90 Å². The van der Waals surface area contributed by atoms with Gasteiger partial charge in [0, 0.05) is 24.8 Å². The predicted octanol–water partition coefficient (Wildman–Crippen LogP) is 1.87. The van der Waals surface area contributed by atoms with Crippen molar-refractivity contribution in [2.75, 3.05) is 25.9 Å². The van der Waals surface area contributed by atoms with Gasteiger partial charge < -0.3 is 15.6 Å². The highest BCUT2D eigenvalue weighted by molar-refractivity contribution is 5.47. The highest BCUT2D eigenvalue weighted by Gasteiger charge is 2.17. The average molecular weight is 252 g/mol. The molecular weight excluding hydrogens is 228 g/mol. The van der Waals surface area contributed by atoms with Crippen LogP contribution in [0.4, 0.5) is 5.69 Å². The number of rotatable bonds is 6. The van der Waals surface area contributed by atoms with Crippen LogP contribution in [0.3, 0.4) is 0 Å². The lowest BCUT2D eigenvalue weighted by molar-refractivity contribution is 0.0353. The van der Waals surface area contributed by atoms with Gasteiger partial charge in [-0.2, -0.15) is 0 Å². The van der Waals surface area contributed by atoms with Gasteiger partial charge >= 0.3 is 0 Å². The van der Waals surface area contributed by atoms with Crippen molar-refractivity contribution >= 4 is 5.69 Å². The first-order valence-corrected chi connectivity index (χ1v) is 6.22. The third-order valence-electron chi connectivity index (χ3n) is 2.69. The Hall–Kier alpha value is -1.26. The molecule has 0 aliphatic heterocycles. The van der Waals surface area contributed by atoms with Gasteiger partial charge in [0.1, 0.15) is 5.75 Å². The van der Waals surface area contributed by atoms with E-state index in [0.717, 1.165) is 24.4 Å². The lowest BCUT2D eigenvalue weighted by atomic mass is 10.1. The first-order valence-electron chi connectivity index (χ1n) is 6.22. The highest BCUT2D eigenvalue weighted by Crippen LogP contribution is 2.20. The molecule has 0 aromatic heterocycles. The van der Waals surface area contributed by atoms with Crippen molar-refractivity contribution in [3.8, 4) is 5.75 Å². The van der Waals surface area contributed by atoms with E-state index in [9.17, 15) is 5.11 Å². The van der Waals surface area contributed by atoms with E-state index in [4.69, 9.17) is 10.5 Å². The number of aliphatic hydroxyl groups is 1. The van der Waals surface area contributed by atoms with Crippen LogP contribution in [0.15, 0.2) is 18.2 Å². The molecule has 1 aromatic rings. The molecule has 1 rings (SSSR count). The number of benzene rings is 1. The van der Waals surface area contributed by atoms with Crippen LogP contribution in [0.1, 0.15) is 26.3 Å². The summed E-state index contributed by atoms with van der Waals surface area (Å²) in [5, 5.41) is 9.86. The van der Waals surface area contributed by atoms with Gasteiger partial charge in [-0.15, -0.1) is 0 Å². The second-order valence-electron chi connectivity index (χ2n) is 5.23. The Labute approximate surface area is 109 Å². The number of ether oxygens (including phenoxy) is 1. The molecule has 0 atom stereocenters. The third-order valence-corrected chi connectivity index (χ3v) is 2.69. The van der Waals surface area contributed by atoms with Gasteiger partial charge in [-0.1, -0.05) is 6.92 Å². The molecule has 0 amide bonds. The quantitative estimate of drug-likeness (QED) is 0.759.